The number of amides is 1. The lowest BCUT2D eigenvalue weighted by atomic mass is 10.1. The summed E-state index contributed by atoms with van der Waals surface area (Å²) in [6, 6.07) is 9.91. The molecule has 0 bridgehead atoms. The van der Waals surface area contributed by atoms with Gasteiger partial charge < -0.3 is 14.8 Å². The van der Waals surface area contributed by atoms with Crippen LogP contribution in [0.15, 0.2) is 36.4 Å². The highest BCUT2D eigenvalue weighted by Gasteiger charge is 2.13. The van der Waals surface area contributed by atoms with E-state index in [0.29, 0.717) is 32.8 Å². The molecule has 0 unspecified atom stereocenters. The summed E-state index contributed by atoms with van der Waals surface area (Å²) < 4.78 is 10.9. The molecule has 0 saturated carbocycles. The van der Waals surface area contributed by atoms with Crippen LogP contribution in [-0.2, 0) is 0 Å². The van der Waals surface area contributed by atoms with E-state index in [4.69, 9.17) is 32.7 Å². The lowest BCUT2D eigenvalue weighted by Crippen LogP contribution is -2.13. The molecule has 0 aliphatic carbocycles. The van der Waals surface area contributed by atoms with Crippen molar-refractivity contribution < 1.29 is 14.3 Å². The number of methoxy groups -OCH3 is 1. The number of halogens is 2. The Hall–Kier alpha value is -1.91. The van der Waals surface area contributed by atoms with Crippen molar-refractivity contribution in [3.63, 3.8) is 0 Å². The Morgan fingerprint density at radius 3 is 2.39 bits per heavy atom. The monoisotopic (exact) mass is 353 g/mol. The van der Waals surface area contributed by atoms with Gasteiger partial charge in [0.05, 0.1) is 23.3 Å². The average Bonchev–Trinajstić information content (AvgIpc) is 2.50. The van der Waals surface area contributed by atoms with Gasteiger partial charge in [-0.3, -0.25) is 4.79 Å². The molecular formula is C17H17Cl2NO3. The maximum Gasteiger partial charge on any atom is 0.255 e. The zero-order chi connectivity index (χ0) is 17.0. The van der Waals surface area contributed by atoms with Crippen molar-refractivity contribution in [3.8, 4) is 11.5 Å². The second-order valence-corrected chi connectivity index (χ2v) is 5.93. The highest BCUT2D eigenvalue weighted by molar-refractivity contribution is 6.42. The van der Waals surface area contributed by atoms with Crippen molar-refractivity contribution in [2.45, 2.75) is 20.0 Å². The van der Waals surface area contributed by atoms with Gasteiger partial charge in [-0.1, -0.05) is 23.2 Å². The summed E-state index contributed by atoms with van der Waals surface area (Å²) in [5, 5.41) is 3.57. The Balaban J connectivity index is 2.20. The van der Waals surface area contributed by atoms with Crippen molar-refractivity contribution in [1.82, 2.24) is 0 Å². The summed E-state index contributed by atoms with van der Waals surface area (Å²) in [6.07, 6.45) is 0.0137. The Morgan fingerprint density at radius 2 is 1.78 bits per heavy atom. The van der Waals surface area contributed by atoms with E-state index in [1.165, 1.54) is 7.11 Å². The molecule has 0 aliphatic heterocycles. The number of benzene rings is 2. The van der Waals surface area contributed by atoms with E-state index in [-0.39, 0.29) is 12.0 Å². The highest BCUT2D eigenvalue weighted by Crippen LogP contribution is 2.30. The Morgan fingerprint density at radius 1 is 1.04 bits per heavy atom. The lowest BCUT2D eigenvalue weighted by Gasteiger charge is -2.14. The SMILES string of the molecule is COc1cc(C(=O)Nc2ccc(Cl)c(Cl)c2)ccc1OC(C)C. The number of ether oxygens (including phenoxy) is 2. The van der Waals surface area contributed by atoms with Crippen molar-refractivity contribution in [2.75, 3.05) is 12.4 Å². The van der Waals surface area contributed by atoms with Gasteiger partial charge in [-0.05, 0) is 50.2 Å². The number of anilines is 1. The molecular weight excluding hydrogens is 337 g/mol. The van der Waals surface area contributed by atoms with Gasteiger partial charge in [0.1, 0.15) is 0 Å². The minimum Gasteiger partial charge on any atom is -0.493 e. The fraction of sp³-hybridized carbons (Fsp3) is 0.235. The molecule has 2 rings (SSSR count). The zero-order valence-corrected chi connectivity index (χ0v) is 14.5. The molecule has 0 spiro atoms. The van der Waals surface area contributed by atoms with Crippen LogP contribution in [0.3, 0.4) is 0 Å². The van der Waals surface area contributed by atoms with Crippen LogP contribution in [0.5, 0.6) is 11.5 Å². The van der Waals surface area contributed by atoms with Crippen LogP contribution < -0.4 is 14.8 Å². The fourth-order valence-corrected chi connectivity index (χ4v) is 2.24. The second-order valence-electron chi connectivity index (χ2n) is 5.12. The smallest absolute Gasteiger partial charge is 0.255 e. The van der Waals surface area contributed by atoms with E-state index in [0.717, 1.165) is 0 Å². The van der Waals surface area contributed by atoms with Crippen molar-refractivity contribution >= 4 is 34.8 Å². The summed E-state index contributed by atoms with van der Waals surface area (Å²) in [6.45, 7) is 3.84. The van der Waals surface area contributed by atoms with Gasteiger partial charge in [-0.25, -0.2) is 0 Å². The number of carbonyl (C=O) groups is 1. The quantitative estimate of drug-likeness (QED) is 0.818. The van der Waals surface area contributed by atoms with E-state index in [9.17, 15) is 4.79 Å². The standard InChI is InChI=1S/C17H17Cl2NO3/c1-10(2)23-15-7-4-11(8-16(15)22-3)17(21)20-12-5-6-13(18)14(19)9-12/h4-10H,1-3H3,(H,20,21). The van der Waals surface area contributed by atoms with Crippen LogP contribution in [0.2, 0.25) is 10.0 Å². The van der Waals surface area contributed by atoms with Gasteiger partial charge in [-0.2, -0.15) is 0 Å². The molecule has 122 valence electrons. The molecule has 0 aliphatic rings. The van der Waals surface area contributed by atoms with E-state index >= 15 is 0 Å². The normalized spacial score (nSPS) is 10.5. The Labute approximate surface area is 145 Å². The number of hydrogen-bond donors (Lipinski definition) is 1. The predicted octanol–water partition coefficient (Wildman–Crippen LogP) is 5.04. The number of carbonyl (C=O) groups excluding carboxylic acids is 1. The van der Waals surface area contributed by atoms with Gasteiger partial charge in [0.2, 0.25) is 0 Å². The molecule has 1 N–H and O–H groups in total. The van der Waals surface area contributed by atoms with E-state index in [1.54, 1.807) is 36.4 Å². The number of rotatable bonds is 5. The molecule has 23 heavy (non-hydrogen) atoms. The van der Waals surface area contributed by atoms with Gasteiger partial charge >= 0.3 is 0 Å². The molecule has 0 saturated heterocycles. The zero-order valence-electron chi connectivity index (χ0n) is 13.0. The third kappa shape index (κ3) is 4.53. The summed E-state index contributed by atoms with van der Waals surface area (Å²) >= 11 is 11.8. The first-order chi connectivity index (χ1) is 10.9. The summed E-state index contributed by atoms with van der Waals surface area (Å²) in [7, 11) is 1.53. The molecule has 2 aromatic rings. The van der Waals surface area contributed by atoms with Crippen LogP contribution in [-0.4, -0.2) is 19.1 Å². The molecule has 4 nitrogen and oxygen atoms in total. The lowest BCUT2D eigenvalue weighted by molar-refractivity contribution is 0.102. The van der Waals surface area contributed by atoms with Crippen molar-refractivity contribution in [3.05, 3.63) is 52.0 Å². The molecule has 0 radical (unpaired) electrons. The first-order valence-electron chi connectivity index (χ1n) is 7.02. The molecule has 0 aromatic heterocycles. The minimum absolute atomic E-state index is 0.0137. The second kappa shape index (κ2) is 7.57. The van der Waals surface area contributed by atoms with Crippen LogP contribution in [0.25, 0.3) is 0 Å². The van der Waals surface area contributed by atoms with Gasteiger partial charge in [0.25, 0.3) is 5.91 Å². The maximum absolute atomic E-state index is 12.3. The van der Waals surface area contributed by atoms with E-state index in [2.05, 4.69) is 5.32 Å². The van der Waals surface area contributed by atoms with Gasteiger partial charge in [0.15, 0.2) is 11.5 Å². The molecule has 6 heteroatoms. The van der Waals surface area contributed by atoms with Gasteiger partial charge in [-0.15, -0.1) is 0 Å². The van der Waals surface area contributed by atoms with Crippen LogP contribution in [0, 0.1) is 0 Å². The number of hydrogen-bond acceptors (Lipinski definition) is 3. The third-order valence-electron chi connectivity index (χ3n) is 2.97. The summed E-state index contributed by atoms with van der Waals surface area (Å²) in [4.78, 5) is 12.3. The van der Waals surface area contributed by atoms with Crippen molar-refractivity contribution in [1.29, 1.82) is 0 Å². The maximum atomic E-state index is 12.3. The van der Waals surface area contributed by atoms with Gasteiger partial charge in [0, 0.05) is 11.3 Å². The van der Waals surface area contributed by atoms with Crippen LogP contribution >= 0.6 is 23.2 Å². The third-order valence-corrected chi connectivity index (χ3v) is 3.70. The first kappa shape index (κ1) is 17.4. The molecule has 2 aromatic carbocycles. The fourth-order valence-electron chi connectivity index (χ4n) is 1.94. The minimum atomic E-state index is -0.280. The van der Waals surface area contributed by atoms with Crippen molar-refractivity contribution in [2.24, 2.45) is 0 Å². The van der Waals surface area contributed by atoms with E-state index in [1.807, 2.05) is 13.8 Å². The van der Waals surface area contributed by atoms with Crippen LogP contribution in [0.4, 0.5) is 5.69 Å². The topological polar surface area (TPSA) is 47.6 Å². The Bertz CT molecular complexity index is 717. The average molecular weight is 354 g/mol. The first-order valence-corrected chi connectivity index (χ1v) is 7.77. The Kier molecular flexibility index (Phi) is 5.74. The van der Waals surface area contributed by atoms with Crippen LogP contribution in [0.1, 0.15) is 24.2 Å². The summed E-state index contributed by atoms with van der Waals surface area (Å²) in [5.41, 5.74) is 1.01. The predicted molar refractivity (Wildman–Crippen MR) is 93.2 cm³/mol. The summed E-state index contributed by atoms with van der Waals surface area (Å²) in [5.74, 6) is 0.812. The number of nitrogens with one attached hydrogen (secondary N) is 1. The molecule has 0 fully saturated rings. The molecule has 0 atom stereocenters. The highest BCUT2D eigenvalue weighted by atomic mass is 35.5. The molecule has 1 amide bonds. The van der Waals surface area contributed by atoms with E-state index < -0.39 is 0 Å². The largest absolute Gasteiger partial charge is 0.493 e. The molecule has 0 heterocycles.